The van der Waals surface area contributed by atoms with Crippen molar-refractivity contribution in [2.45, 2.75) is 19.6 Å². The second-order valence-electron chi connectivity index (χ2n) is 15.0. The van der Waals surface area contributed by atoms with Gasteiger partial charge in [0.05, 0.1) is 86.8 Å². The number of hydrogen-bond acceptors (Lipinski definition) is 16. The van der Waals surface area contributed by atoms with Crippen molar-refractivity contribution in [3.05, 3.63) is 142 Å². The normalized spacial score (nSPS) is 11.7. The molecule has 0 atom stereocenters. The zero-order chi connectivity index (χ0) is 55.2. The van der Waals surface area contributed by atoms with Gasteiger partial charge in [-0.25, -0.2) is 72.0 Å². The van der Waals surface area contributed by atoms with E-state index >= 15 is 0 Å². The van der Waals surface area contributed by atoms with E-state index in [1.54, 1.807) is 9.44 Å². The van der Waals surface area contributed by atoms with E-state index in [0.717, 1.165) is 0 Å². The SMILES string of the molecule is O=C(O)c1cc(NS(=O)(=O)c2cc(S(=O)(=O)Nc3cc(C(=O)O)cc(C(=O)O)c3)c3cc(S(=O)(=O)Nc4cc(C(=O)O)cc(C(=O)O)c4)cc(S(=O)(=O)Nc4cc(C(=O)O)cc(C(=O)O)c4)c3c2)cc(C(=O)O)c1. The Labute approximate surface area is 412 Å². The van der Waals surface area contributed by atoms with Gasteiger partial charge in [-0.1, -0.05) is 0 Å². The van der Waals surface area contributed by atoms with E-state index in [-0.39, 0.29) is 12.1 Å². The van der Waals surface area contributed by atoms with Gasteiger partial charge < -0.3 is 40.9 Å². The lowest BCUT2D eigenvalue weighted by Crippen LogP contribution is -2.20. The number of fused-ring (bicyclic) bond motifs is 1. The summed E-state index contributed by atoms with van der Waals surface area (Å²) in [6.07, 6.45) is 0. The minimum Gasteiger partial charge on any atom is -0.478 e. The maximum absolute atomic E-state index is 14.7. The van der Waals surface area contributed by atoms with E-state index < -0.39 is 185 Å². The molecule has 6 aromatic carbocycles. The summed E-state index contributed by atoms with van der Waals surface area (Å²) in [6, 6.07) is 8.34. The summed E-state index contributed by atoms with van der Waals surface area (Å²) < 4.78 is 123. The van der Waals surface area contributed by atoms with Gasteiger partial charge in [-0.3, -0.25) is 18.9 Å². The molecule has 0 saturated carbocycles. The summed E-state index contributed by atoms with van der Waals surface area (Å²) >= 11 is 0. The molecule has 28 nitrogen and oxygen atoms in total. The Balaban J connectivity index is 1.74. The highest BCUT2D eigenvalue weighted by molar-refractivity contribution is 7.94. The number of carboxylic acid groups (broad SMARTS) is 8. The summed E-state index contributed by atoms with van der Waals surface area (Å²) in [5.74, 6) is -14.4. The fraction of sp³-hybridized carbons (Fsp3) is 0. The van der Waals surface area contributed by atoms with Crippen molar-refractivity contribution in [3.8, 4) is 0 Å². The largest absolute Gasteiger partial charge is 0.478 e. The molecule has 0 unspecified atom stereocenters. The molecule has 0 bridgehead atoms. The molecule has 0 amide bonds. The number of hydrogen-bond donors (Lipinski definition) is 12. The van der Waals surface area contributed by atoms with Gasteiger partial charge in [-0.15, -0.1) is 0 Å². The van der Waals surface area contributed by atoms with Gasteiger partial charge in [0, 0.05) is 10.8 Å². The van der Waals surface area contributed by atoms with E-state index in [4.69, 9.17) is 0 Å². The molecule has 0 spiro atoms. The fourth-order valence-corrected chi connectivity index (χ4v) is 11.6. The second-order valence-corrected chi connectivity index (χ2v) is 21.7. The molecule has 0 aliphatic carbocycles. The Bertz CT molecular complexity index is 3620. The average molecular weight is 1100 g/mol. The molecule has 0 saturated heterocycles. The molecule has 0 aliphatic rings. The first kappa shape index (κ1) is 53.7. The zero-order valence-electron chi connectivity index (χ0n) is 36.0. The maximum atomic E-state index is 14.7. The zero-order valence-corrected chi connectivity index (χ0v) is 39.2. The summed E-state index contributed by atoms with van der Waals surface area (Å²) in [4.78, 5) is 89.6. The smallest absolute Gasteiger partial charge is 0.335 e. The van der Waals surface area contributed by atoms with Gasteiger partial charge in [0.25, 0.3) is 40.1 Å². The van der Waals surface area contributed by atoms with Crippen LogP contribution in [-0.4, -0.2) is 122 Å². The lowest BCUT2D eigenvalue weighted by Gasteiger charge is -2.19. The van der Waals surface area contributed by atoms with Crippen molar-refractivity contribution in [2.24, 2.45) is 0 Å². The van der Waals surface area contributed by atoms with Crippen LogP contribution in [-0.2, 0) is 40.1 Å². The number of rotatable bonds is 20. The molecule has 6 rings (SSSR count). The van der Waals surface area contributed by atoms with E-state index in [1.807, 2.05) is 9.44 Å². The van der Waals surface area contributed by atoms with Crippen LogP contribution in [0.5, 0.6) is 0 Å². The lowest BCUT2D eigenvalue weighted by molar-refractivity contribution is 0.0676. The number of aromatic carboxylic acids is 8. The van der Waals surface area contributed by atoms with E-state index in [9.17, 15) is 113 Å². The standard InChI is InChI=1S/C42H28N4O24S4/c47-35(48)17-1-18(36(49)50)6-25(5-17)43-71(63,64)29-13-31-32(33(15-29)73(67,68)45-27-9-21(39(55)56)3-22(10-27)40(57)58)14-30(72(65,66)44-26-7-19(37(51)52)2-20(8-26)38(53)54)16-34(31)74(69,70)46-28-11-23(41(59)60)4-24(12-28)42(61)62/h1-16,43-46H,(H,47,48)(H,49,50)(H,51,52)(H,53,54)(H,55,56)(H,57,58)(H,59,60)(H,61,62). The van der Waals surface area contributed by atoms with Crippen LogP contribution >= 0.6 is 0 Å². The van der Waals surface area contributed by atoms with Crippen LogP contribution in [0.15, 0.2) is 117 Å². The molecular formula is C42H28N4O24S4. The van der Waals surface area contributed by atoms with Gasteiger partial charge >= 0.3 is 47.8 Å². The van der Waals surface area contributed by atoms with Gasteiger partial charge in [0.15, 0.2) is 0 Å². The Kier molecular flexibility index (Phi) is 14.2. The number of carboxylic acids is 8. The molecule has 384 valence electrons. The predicted octanol–water partition coefficient (Wildman–Crippen LogP) is 3.63. The maximum Gasteiger partial charge on any atom is 0.335 e. The van der Waals surface area contributed by atoms with Crippen LogP contribution in [0, 0.1) is 0 Å². The quantitative estimate of drug-likeness (QED) is 0.0519. The number of sulfonamides is 4. The van der Waals surface area contributed by atoms with Crippen molar-refractivity contribution in [3.63, 3.8) is 0 Å². The number of benzene rings is 6. The Morgan fingerprint density at radius 2 is 0.432 bits per heavy atom. The van der Waals surface area contributed by atoms with Crippen LogP contribution in [0.4, 0.5) is 22.7 Å². The predicted molar refractivity (Wildman–Crippen MR) is 249 cm³/mol. The summed E-state index contributed by atoms with van der Waals surface area (Å²) in [7, 11) is -22.4. The molecule has 32 heteroatoms. The number of carbonyl (C=O) groups is 8. The van der Waals surface area contributed by atoms with Crippen molar-refractivity contribution < 1.29 is 113 Å². The first-order valence-corrected chi connectivity index (χ1v) is 25.3. The first-order valence-electron chi connectivity index (χ1n) is 19.4. The van der Waals surface area contributed by atoms with Gasteiger partial charge in [0.1, 0.15) is 0 Å². The van der Waals surface area contributed by atoms with Crippen LogP contribution in [0.2, 0.25) is 0 Å². The minimum absolute atomic E-state index is 0.226. The molecule has 0 heterocycles. The molecule has 12 N–H and O–H groups in total. The monoisotopic (exact) mass is 1100 g/mol. The summed E-state index contributed by atoms with van der Waals surface area (Å²) in [5, 5.41) is 74.8. The van der Waals surface area contributed by atoms with Crippen LogP contribution < -0.4 is 18.9 Å². The number of anilines is 4. The van der Waals surface area contributed by atoms with E-state index in [0.29, 0.717) is 84.9 Å². The Hall–Kier alpha value is -9.66. The van der Waals surface area contributed by atoms with Gasteiger partial charge in [-0.2, -0.15) is 0 Å². The second kappa shape index (κ2) is 19.5. The highest BCUT2D eigenvalue weighted by Gasteiger charge is 2.32. The topological polar surface area (TPSA) is 483 Å². The Morgan fingerprint density at radius 3 is 0.608 bits per heavy atom. The molecular weight excluding hydrogens is 1070 g/mol. The first-order chi connectivity index (χ1) is 34.2. The van der Waals surface area contributed by atoms with Crippen molar-refractivity contribution in [1.29, 1.82) is 0 Å². The highest BCUT2D eigenvalue weighted by atomic mass is 32.2. The van der Waals surface area contributed by atoms with Gasteiger partial charge in [0.2, 0.25) is 0 Å². The molecule has 0 aromatic heterocycles. The van der Waals surface area contributed by atoms with Crippen LogP contribution in [0.3, 0.4) is 0 Å². The van der Waals surface area contributed by atoms with E-state index in [2.05, 4.69) is 0 Å². The van der Waals surface area contributed by atoms with Crippen molar-refractivity contribution in [2.75, 3.05) is 18.9 Å². The van der Waals surface area contributed by atoms with E-state index in [1.165, 1.54) is 0 Å². The van der Waals surface area contributed by atoms with Crippen LogP contribution in [0.25, 0.3) is 10.8 Å². The summed E-state index contributed by atoms with van der Waals surface area (Å²) in [6.45, 7) is 0. The molecule has 0 radical (unpaired) electrons. The molecule has 6 aromatic rings. The van der Waals surface area contributed by atoms with Crippen molar-refractivity contribution in [1.82, 2.24) is 0 Å². The van der Waals surface area contributed by atoms with Gasteiger partial charge in [-0.05, 0) is 97.1 Å². The molecule has 0 fully saturated rings. The summed E-state index contributed by atoms with van der Waals surface area (Å²) in [5.41, 5.74) is -10.1. The number of nitrogens with one attached hydrogen (secondary N) is 4. The highest BCUT2D eigenvalue weighted by Crippen LogP contribution is 2.38. The molecule has 74 heavy (non-hydrogen) atoms. The third-order valence-electron chi connectivity index (χ3n) is 9.86. The average Bonchev–Trinajstić information content (AvgIpc) is 3.29. The Morgan fingerprint density at radius 1 is 0.257 bits per heavy atom. The molecule has 0 aliphatic heterocycles. The minimum atomic E-state index is -5.69. The lowest BCUT2D eigenvalue weighted by atomic mass is 10.1. The fourth-order valence-electron chi connectivity index (χ4n) is 6.68. The third-order valence-corrected chi connectivity index (χ3v) is 15.4. The van der Waals surface area contributed by atoms with Crippen LogP contribution in [0.1, 0.15) is 82.9 Å². The third kappa shape index (κ3) is 11.6. The van der Waals surface area contributed by atoms with Crippen molar-refractivity contribution >= 4 is 121 Å².